The van der Waals surface area contributed by atoms with E-state index in [1.165, 1.54) is 18.1 Å². The monoisotopic (exact) mass is 332 g/mol. The van der Waals surface area contributed by atoms with Gasteiger partial charge < -0.3 is 14.7 Å². The third kappa shape index (κ3) is 4.35. The number of carbonyl (C=O) groups is 1. The largest absolute Gasteiger partial charge is 0.465 e. The van der Waals surface area contributed by atoms with Crippen molar-refractivity contribution in [3.05, 3.63) is 35.4 Å². The second-order valence-corrected chi connectivity index (χ2v) is 5.40. The van der Waals surface area contributed by atoms with E-state index in [0.717, 1.165) is 12.1 Å². The average Bonchev–Trinajstić information content (AvgIpc) is 2.52. The highest BCUT2D eigenvalue weighted by atomic mass is 19.4. The Bertz CT molecular complexity index is 543. The van der Waals surface area contributed by atoms with Gasteiger partial charge in [0.1, 0.15) is 0 Å². The predicted molar refractivity (Wildman–Crippen MR) is 77.2 cm³/mol. The van der Waals surface area contributed by atoms with Crippen molar-refractivity contribution in [1.29, 1.82) is 0 Å². The van der Waals surface area contributed by atoms with Crippen LogP contribution in [0.25, 0.3) is 0 Å². The van der Waals surface area contributed by atoms with Crippen LogP contribution in [0.5, 0.6) is 0 Å². The molecule has 0 bridgehead atoms. The molecule has 1 unspecified atom stereocenters. The SMILES string of the molecule is COCC(c1cccc(C(F)(F)F)c1)N1CCN(C(=O)O)CC1. The van der Waals surface area contributed by atoms with E-state index in [1.54, 1.807) is 6.07 Å². The molecule has 1 aliphatic rings. The summed E-state index contributed by atoms with van der Waals surface area (Å²) >= 11 is 0. The Morgan fingerprint density at radius 3 is 2.48 bits per heavy atom. The van der Waals surface area contributed by atoms with Crippen LogP contribution < -0.4 is 0 Å². The number of benzene rings is 1. The molecule has 8 heteroatoms. The molecule has 1 aromatic rings. The Morgan fingerprint density at radius 2 is 1.96 bits per heavy atom. The summed E-state index contributed by atoms with van der Waals surface area (Å²) in [4.78, 5) is 14.2. The maximum Gasteiger partial charge on any atom is 0.416 e. The zero-order valence-corrected chi connectivity index (χ0v) is 12.7. The number of ether oxygens (including phenoxy) is 1. The first kappa shape index (κ1) is 17.6. The van der Waals surface area contributed by atoms with Crippen LogP contribution in [0.4, 0.5) is 18.0 Å². The fourth-order valence-electron chi connectivity index (χ4n) is 2.72. The highest BCUT2D eigenvalue weighted by Crippen LogP contribution is 2.32. The Kier molecular flexibility index (Phi) is 5.48. The van der Waals surface area contributed by atoms with Gasteiger partial charge >= 0.3 is 12.3 Å². The first-order valence-electron chi connectivity index (χ1n) is 7.21. The summed E-state index contributed by atoms with van der Waals surface area (Å²) < 4.78 is 43.8. The molecule has 23 heavy (non-hydrogen) atoms. The quantitative estimate of drug-likeness (QED) is 0.921. The van der Waals surface area contributed by atoms with Crippen molar-refractivity contribution in [2.75, 3.05) is 39.9 Å². The van der Waals surface area contributed by atoms with Crippen LogP contribution in [0.2, 0.25) is 0 Å². The Hall–Kier alpha value is -1.80. The standard InChI is InChI=1S/C15H19F3N2O3/c1-23-10-13(19-5-7-20(8-6-19)14(21)22)11-3-2-4-12(9-11)15(16,17)18/h2-4,9,13H,5-8,10H2,1H3,(H,21,22). The van der Waals surface area contributed by atoms with E-state index in [0.29, 0.717) is 31.7 Å². The molecule has 1 aliphatic heterocycles. The van der Waals surface area contributed by atoms with Crippen LogP contribution in [0, 0.1) is 0 Å². The number of carboxylic acid groups (broad SMARTS) is 1. The van der Waals surface area contributed by atoms with Crippen molar-refractivity contribution in [2.24, 2.45) is 0 Å². The molecular formula is C15H19F3N2O3. The molecule has 1 fully saturated rings. The maximum atomic E-state index is 12.9. The minimum Gasteiger partial charge on any atom is -0.465 e. The molecule has 1 aromatic carbocycles. The number of hydrogen-bond donors (Lipinski definition) is 1. The summed E-state index contributed by atoms with van der Waals surface area (Å²) in [6, 6.07) is 4.86. The van der Waals surface area contributed by atoms with Gasteiger partial charge in [-0.3, -0.25) is 4.90 Å². The van der Waals surface area contributed by atoms with E-state index in [-0.39, 0.29) is 12.6 Å². The zero-order valence-electron chi connectivity index (χ0n) is 12.7. The molecule has 0 aliphatic carbocycles. The third-order valence-corrected chi connectivity index (χ3v) is 3.95. The summed E-state index contributed by atoms with van der Waals surface area (Å²) in [5.74, 6) is 0. The van der Waals surface area contributed by atoms with Gasteiger partial charge in [-0.2, -0.15) is 13.2 Å². The molecule has 1 amide bonds. The van der Waals surface area contributed by atoms with Crippen molar-refractivity contribution < 1.29 is 27.8 Å². The van der Waals surface area contributed by atoms with Gasteiger partial charge in [0.25, 0.3) is 0 Å². The van der Waals surface area contributed by atoms with Crippen molar-refractivity contribution in [3.63, 3.8) is 0 Å². The van der Waals surface area contributed by atoms with Gasteiger partial charge in [0.2, 0.25) is 0 Å². The topological polar surface area (TPSA) is 53.0 Å². The number of piperazine rings is 1. The Morgan fingerprint density at radius 1 is 1.30 bits per heavy atom. The maximum absolute atomic E-state index is 12.9. The molecular weight excluding hydrogens is 313 g/mol. The van der Waals surface area contributed by atoms with Gasteiger partial charge in [-0.25, -0.2) is 4.79 Å². The molecule has 1 N–H and O–H groups in total. The molecule has 1 heterocycles. The predicted octanol–water partition coefficient (Wildman–Crippen LogP) is 2.69. The van der Waals surface area contributed by atoms with Crippen LogP contribution in [-0.2, 0) is 10.9 Å². The number of alkyl halides is 3. The molecule has 0 radical (unpaired) electrons. The molecule has 0 aromatic heterocycles. The minimum atomic E-state index is -4.39. The summed E-state index contributed by atoms with van der Waals surface area (Å²) in [6.07, 6.45) is -5.37. The lowest BCUT2D eigenvalue weighted by atomic mass is 10.0. The van der Waals surface area contributed by atoms with Gasteiger partial charge in [0, 0.05) is 33.3 Å². The van der Waals surface area contributed by atoms with E-state index in [2.05, 4.69) is 0 Å². The Labute approximate surface area is 132 Å². The van der Waals surface area contributed by atoms with Gasteiger partial charge in [-0.15, -0.1) is 0 Å². The fourth-order valence-corrected chi connectivity index (χ4v) is 2.72. The van der Waals surface area contributed by atoms with Crippen LogP contribution in [0.15, 0.2) is 24.3 Å². The molecule has 0 spiro atoms. The van der Waals surface area contributed by atoms with Gasteiger partial charge in [-0.05, 0) is 17.7 Å². The number of nitrogens with zero attached hydrogens (tertiary/aromatic N) is 2. The second kappa shape index (κ2) is 7.18. The molecule has 2 rings (SSSR count). The van der Waals surface area contributed by atoms with Crippen LogP contribution >= 0.6 is 0 Å². The third-order valence-electron chi connectivity index (χ3n) is 3.95. The number of amides is 1. The van der Waals surface area contributed by atoms with Gasteiger partial charge in [0.05, 0.1) is 18.2 Å². The van der Waals surface area contributed by atoms with Crippen molar-refractivity contribution >= 4 is 6.09 Å². The summed E-state index contributed by atoms with van der Waals surface area (Å²) in [5.41, 5.74) is -0.175. The van der Waals surface area contributed by atoms with Crippen molar-refractivity contribution in [2.45, 2.75) is 12.2 Å². The highest BCUT2D eigenvalue weighted by Gasteiger charge is 2.32. The second-order valence-electron chi connectivity index (χ2n) is 5.40. The molecule has 1 saturated heterocycles. The number of rotatable bonds is 4. The van der Waals surface area contributed by atoms with E-state index in [4.69, 9.17) is 9.84 Å². The van der Waals surface area contributed by atoms with Crippen LogP contribution in [0.1, 0.15) is 17.2 Å². The summed E-state index contributed by atoms with van der Waals surface area (Å²) in [7, 11) is 1.49. The summed E-state index contributed by atoms with van der Waals surface area (Å²) in [5, 5.41) is 8.97. The molecule has 0 saturated carbocycles. The Balaban J connectivity index is 2.17. The van der Waals surface area contributed by atoms with Crippen LogP contribution in [-0.4, -0.2) is 60.9 Å². The molecule has 1 atom stereocenters. The van der Waals surface area contributed by atoms with E-state index in [1.807, 2.05) is 4.90 Å². The number of hydrogen-bond acceptors (Lipinski definition) is 3. The lowest BCUT2D eigenvalue weighted by Gasteiger charge is -2.38. The molecule has 128 valence electrons. The fraction of sp³-hybridized carbons (Fsp3) is 0.533. The first-order chi connectivity index (χ1) is 10.8. The lowest BCUT2D eigenvalue weighted by molar-refractivity contribution is -0.137. The van der Waals surface area contributed by atoms with Crippen LogP contribution in [0.3, 0.4) is 0 Å². The average molecular weight is 332 g/mol. The van der Waals surface area contributed by atoms with E-state index < -0.39 is 17.8 Å². The minimum absolute atomic E-state index is 0.244. The first-order valence-corrected chi connectivity index (χ1v) is 7.21. The number of halogens is 3. The van der Waals surface area contributed by atoms with E-state index in [9.17, 15) is 18.0 Å². The van der Waals surface area contributed by atoms with E-state index >= 15 is 0 Å². The lowest BCUT2D eigenvalue weighted by Crippen LogP contribution is -2.50. The molecule has 5 nitrogen and oxygen atoms in total. The number of methoxy groups -OCH3 is 1. The smallest absolute Gasteiger partial charge is 0.416 e. The summed E-state index contributed by atoms with van der Waals surface area (Å²) in [6.45, 7) is 1.81. The normalized spacial score (nSPS) is 18.0. The van der Waals surface area contributed by atoms with Gasteiger partial charge in [0.15, 0.2) is 0 Å². The zero-order chi connectivity index (χ0) is 17.0. The van der Waals surface area contributed by atoms with Crippen molar-refractivity contribution in [3.8, 4) is 0 Å². The van der Waals surface area contributed by atoms with Crippen molar-refractivity contribution in [1.82, 2.24) is 9.80 Å². The highest BCUT2D eigenvalue weighted by molar-refractivity contribution is 5.65. The van der Waals surface area contributed by atoms with Gasteiger partial charge in [-0.1, -0.05) is 12.1 Å².